The molecular weight excluding hydrogens is 194 g/mol. The van der Waals surface area contributed by atoms with Crippen LogP contribution in [0, 0.1) is 28.6 Å². The molecule has 0 radical (unpaired) electrons. The fourth-order valence-corrected chi connectivity index (χ4v) is 6.32. The minimum Gasteiger partial charge on any atom is -0.327 e. The van der Waals surface area contributed by atoms with E-state index in [1.54, 1.807) is 38.5 Å². The predicted molar refractivity (Wildman–Crippen MR) is 65.9 cm³/mol. The lowest BCUT2D eigenvalue weighted by Crippen LogP contribution is -2.54. The average Bonchev–Trinajstić information content (AvgIpc) is 2.94. The van der Waals surface area contributed by atoms with Gasteiger partial charge in [-0.15, -0.1) is 0 Å². The van der Waals surface area contributed by atoms with E-state index in [9.17, 15) is 0 Å². The molecule has 1 heteroatoms. The van der Waals surface area contributed by atoms with Gasteiger partial charge in [-0.2, -0.15) is 0 Å². The van der Waals surface area contributed by atoms with Crippen molar-refractivity contribution in [1.82, 2.24) is 0 Å². The summed E-state index contributed by atoms with van der Waals surface area (Å²) in [6.45, 7) is 2.28. The topological polar surface area (TPSA) is 26.0 Å². The Bertz CT molecular complexity index is 278. The molecule has 5 fully saturated rings. The van der Waals surface area contributed by atoms with Gasteiger partial charge in [0.2, 0.25) is 0 Å². The number of rotatable bonds is 2. The van der Waals surface area contributed by atoms with E-state index in [0.717, 1.165) is 17.8 Å². The molecule has 0 aromatic rings. The van der Waals surface area contributed by atoms with Crippen LogP contribution < -0.4 is 5.73 Å². The molecule has 5 aliphatic rings. The molecule has 5 rings (SSSR count). The van der Waals surface area contributed by atoms with Gasteiger partial charge in [0.15, 0.2) is 0 Å². The second kappa shape index (κ2) is 2.85. The molecule has 5 aliphatic carbocycles. The monoisotopic (exact) mass is 219 g/mol. The van der Waals surface area contributed by atoms with E-state index in [0.29, 0.717) is 16.9 Å². The quantitative estimate of drug-likeness (QED) is 0.757. The van der Waals surface area contributed by atoms with E-state index in [1.807, 2.05) is 0 Å². The van der Waals surface area contributed by atoms with E-state index in [2.05, 4.69) is 6.92 Å². The normalized spacial score (nSPS) is 54.0. The molecule has 1 atom stereocenters. The molecule has 0 heterocycles. The smallest absolute Gasteiger partial charge is 0.00723 e. The summed E-state index contributed by atoms with van der Waals surface area (Å²) in [6, 6.07) is 0.448. The Morgan fingerprint density at radius 2 is 1.38 bits per heavy atom. The molecule has 5 saturated carbocycles. The Hall–Kier alpha value is -0.0400. The van der Waals surface area contributed by atoms with E-state index in [1.165, 1.54) is 12.8 Å². The summed E-state index contributed by atoms with van der Waals surface area (Å²) in [4.78, 5) is 0. The number of hydrogen-bond donors (Lipinski definition) is 1. The lowest BCUT2D eigenvalue weighted by atomic mass is 9.44. The molecular formula is C15H25N. The van der Waals surface area contributed by atoms with E-state index >= 15 is 0 Å². The minimum atomic E-state index is 0.448. The Morgan fingerprint density at radius 1 is 0.938 bits per heavy atom. The zero-order chi connectivity index (χ0) is 11.0. The predicted octanol–water partition coefficient (Wildman–Crippen LogP) is 3.33. The standard InChI is InChI=1S/C15H25N/c1-10(16)15(2-3-15)14-7-11-4-12(8-14)6-13(5-11)9-14/h10-13H,2-9,16H2,1H3. The largest absolute Gasteiger partial charge is 0.327 e. The lowest BCUT2D eigenvalue weighted by molar-refractivity contribution is -0.102. The van der Waals surface area contributed by atoms with Gasteiger partial charge < -0.3 is 5.73 Å². The zero-order valence-corrected chi connectivity index (χ0v) is 10.5. The van der Waals surface area contributed by atoms with Crippen molar-refractivity contribution in [3.8, 4) is 0 Å². The summed E-state index contributed by atoms with van der Waals surface area (Å²) in [5.41, 5.74) is 7.64. The van der Waals surface area contributed by atoms with Gasteiger partial charge >= 0.3 is 0 Å². The molecule has 16 heavy (non-hydrogen) atoms. The number of hydrogen-bond acceptors (Lipinski definition) is 1. The first-order valence-electron chi connectivity index (χ1n) is 7.39. The fourth-order valence-electron chi connectivity index (χ4n) is 6.32. The Kier molecular flexibility index (Phi) is 1.77. The highest BCUT2D eigenvalue weighted by Gasteiger charge is 2.65. The highest BCUT2D eigenvalue weighted by atomic mass is 14.8. The first-order valence-corrected chi connectivity index (χ1v) is 7.39. The van der Waals surface area contributed by atoms with Crippen molar-refractivity contribution in [2.45, 2.75) is 64.3 Å². The molecule has 0 amide bonds. The third-order valence-corrected chi connectivity index (χ3v) is 6.75. The molecule has 2 N–H and O–H groups in total. The van der Waals surface area contributed by atoms with Crippen molar-refractivity contribution in [3.63, 3.8) is 0 Å². The summed E-state index contributed by atoms with van der Waals surface area (Å²) in [5, 5.41) is 0. The maximum Gasteiger partial charge on any atom is 0.00723 e. The van der Waals surface area contributed by atoms with Crippen LogP contribution in [-0.4, -0.2) is 6.04 Å². The second-order valence-electron chi connectivity index (χ2n) is 7.64. The van der Waals surface area contributed by atoms with Gasteiger partial charge in [0, 0.05) is 6.04 Å². The lowest BCUT2D eigenvalue weighted by Gasteiger charge is -2.61. The first-order chi connectivity index (χ1) is 7.64. The third-order valence-electron chi connectivity index (χ3n) is 6.75. The molecule has 0 saturated heterocycles. The summed E-state index contributed by atoms with van der Waals surface area (Å²) in [5.74, 6) is 3.26. The maximum atomic E-state index is 6.35. The van der Waals surface area contributed by atoms with Crippen LogP contribution in [0.5, 0.6) is 0 Å². The van der Waals surface area contributed by atoms with Crippen molar-refractivity contribution >= 4 is 0 Å². The molecule has 1 nitrogen and oxygen atoms in total. The number of nitrogens with two attached hydrogens (primary N) is 1. The highest BCUT2D eigenvalue weighted by molar-refractivity contribution is 5.17. The van der Waals surface area contributed by atoms with Gasteiger partial charge in [-0.05, 0) is 86.9 Å². The van der Waals surface area contributed by atoms with Crippen LogP contribution >= 0.6 is 0 Å². The van der Waals surface area contributed by atoms with Gasteiger partial charge in [0.1, 0.15) is 0 Å². The maximum absolute atomic E-state index is 6.35. The Labute approximate surface area is 99.2 Å². The van der Waals surface area contributed by atoms with E-state index in [-0.39, 0.29) is 0 Å². The Morgan fingerprint density at radius 3 is 1.69 bits per heavy atom. The summed E-state index contributed by atoms with van der Waals surface area (Å²) in [6.07, 6.45) is 12.2. The molecule has 0 spiro atoms. The first kappa shape index (κ1) is 9.94. The van der Waals surface area contributed by atoms with Crippen LogP contribution in [0.2, 0.25) is 0 Å². The van der Waals surface area contributed by atoms with Gasteiger partial charge in [0.25, 0.3) is 0 Å². The molecule has 1 unspecified atom stereocenters. The zero-order valence-electron chi connectivity index (χ0n) is 10.5. The van der Waals surface area contributed by atoms with Crippen molar-refractivity contribution < 1.29 is 0 Å². The second-order valence-corrected chi connectivity index (χ2v) is 7.64. The minimum absolute atomic E-state index is 0.448. The molecule has 0 aliphatic heterocycles. The van der Waals surface area contributed by atoms with Crippen LogP contribution in [0.25, 0.3) is 0 Å². The van der Waals surface area contributed by atoms with E-state index in [4.69, 9.17) is 5.73 Å². The SMILES string of the molecule is CC(N)C1(C23CC4CC(CC(C4)C2)C3)CC1. The van der Waals surface area contributed by atoms with Gasteiger partial charge in [-0.25, -0.2) is 0 Å². The third kappa shape index (κ3) is 1.06. The average molecular weight is 219 g/mol. The highest BCUT2D eigenvalue weighted by Crippen LogP contribution is 2.73. The van der Waals surface area contributed by atoms with Crippen LogP contribution in [0.1, 0.15) is 58.3 Å². The van der Waals surface area contributed by atoms with Crippen LogP contribution in [0.4, 0.5) is 0 Å². The van der Waals surface area contributed by atoms with Crippen LogP contribution in [-0.2, 0) is 0 Å². The van der Waals surface area contributed by atoms with Gasteiger partial charge in [-0.3, -0.25) is 0 Å². The van der Waals surface area contributed by atoms with Gasteiger partial charge in [-0.1, -0.05) is 0 Å². The Balaban J connectivity index is 1.72. The molecule has 0 aromatic carbocycles. The molecule has 90 valence electrons. The summed E-state index contributed by atoms with van der Waals surface area (Å²) >= 11 is 0. The van der Waals surface area contributed by atoms with Crippen molar-refractivity contribution in [1.29, 1.82) is 0 Å². The van der Waals surface area contributed by atoms with E-state index < -0.39 is 0 Å². The summed E-state index contributed by atoms with van der Waals surface area (Å²) < 4.78 is 0. The van der Waals surface area contributed by atoms with Crippen molar-refractivity contribution in [3.05, 3.63) is 0 Å². The van der Waals surface area contributed by atoms with Crippen LogP contribution in [0.15, 0.2) is 0 Å². The molecule has 0 aromatic heterocycles. The van der Waals surface area contributed by atoms with Crippen LogP contribution in [0.3, 0.4) is 0 Å². The van der Waals surface area contributed by atoms with Crippen molar-refractivity contribution in [2.24, 2.45) is 34.3 Å². The van der Waals surface area contributed by atoms with Crippen molar-refractivity contribution in [2.75, 3.05) is 0 Å². The van der Waals surface area contributed by atoms with Gasteiger partial charge in [0.05, 0.1) is 0 Å². The molecule has 4 bridgehead atoms. The summed E-state index contributed by atoms with van der Waals surface area (Å²) in [7, 11) is 0. The fraction of sp³-hybridized carbons (Fsp3) is 1.00.